The normalized spacial score (nSPS) is 11.0. The number of urea groups is 1. The molecular formula is C11H10ClF3N2O3. The van der Waals surface area contributed by atoms with Crippen molar-refractivity contribution in [1.82, 2.24) is 5.32 Å². The molecule has 0 bridgehead atoms. The van der Waals surface area contributed by atoms with Gasteiger partial charge in [-0.3, -0.25) is 0 Å². The standard InChI is InChI=1S/C11H10ClF3N2O3/c12-7-5-6(9(18)19)1-2-8(7)17-10(20)16-4-3-11(13,14)15/h1-2,5H,3-4H2,(H,18,19)(H2,16,17,20). The van der Waals surface area contributed by atoms with Crippen LogP contribution in [-0.2, 0) is 0 Å². The number of alkyl halides is 3. The van der Waals surface area contributed by atoms with Gasteiger partial charge >= 0.3 is 18.2 Å². The van der Waals surface area contributed by atoms with E-state index in [1.807, 2.05) is 5.32 Å². The molecule has 1 rings (SSSR count). The number of carboxylic acid groups (broad SMARTS) is 1. The highest BCUT2D eigenvalue weighted by molar-refractivity contribution is 6.34. The van der Waals surface area contributed by atoms with E-state index in [4.69, 9.17) is 16.7 Å². The van der Waals surface area contributed by atoms with E-state index in [0.29, 0.717) is 0 Å². The minimum absolute atomic E-state index is 0.0316. The van der Waals surface area contributed by atoms with E-state index in [9.17, 15) is 22.8 Å². The first-order valence-electron chi connectivity index (χ1n) is 5.33. The average molecular weight is 311 g/mol. The zero-order chi connectivity index (χ0) is 15.3. The number of benzene rings is 1. The van der Waals surface area contributed by atoms with Crippen LogP contribution < -0.4 is 10.6 Å². The molecule has 9 heteroatoms. The molecule has 0 saturated heterocycles. The molecule has 0 radical (unpaired) electrons. The first-order chi connectivity index (χ1) is 9.19. The highest BCUT2D eigenvalue weighted by Crippen LogP contribution is 2.23. The number of hydrogen-bond donors (Lipinski definition) is 3. The Balaban J connectivity index is 2.56. The van der Waals surface area contributed by atoms with Crippen molar-refractivity contribution in [3.63, 3.8) is 0 Å². The predicted octanol–water partition coefficient (Wildman–Crippen LogP) is 3.11. The number of nitrogens with one attached hydrogen (secondary N) is 2. The lowest BCUT2D eigenvalue weighted by molar-refractivity contribution is -0.132. The lowest BCUT2D eigenvalue weighted by Crippen LogP contribution is -2.31. The maximum absolute atomic E-state index is 11.9. The fourth-order valence-electron chi connectivity index (χ4n) is 1.23. The number of carboxylic acids is 1. The maximum Gasteiger partial charge on any atom is 0.390 e. The molecule has 20 heavy (non-hydrogen) atoms. The molecule has 0 aromatic heterocycles. The van der Waals surface area contributed by atoms with Crippen LogP contribution in [0.2, 0.25) is 5.02 Å². The zero-order valence-corrected chi connectivity index (χ0v) is 10.7. The number of aromatic carboxylic acids is 1. The van der Waals surface area contributed by atoms with Crippen molar-refractivity contribution in [2.45, 2.75) is 12.6 Å². The molecule has 0 atom stereocenters. The SMILES string of the molecule is O=C(NCCC(F)(F)F)Nc1ccc(C(=O)O)cc1Cl. The number of amides is 2. The molecule has 0 saturated carbocycles. The summed E-state index contributed by atoms with van der Waals surface area (Å²) in [7, 11) is 0. The van der Waals surface area contributed by atoms with Gasteiger partial charge in [0, 0.05) is 6.54 Å². The van der Waals surface area contributed by atoms with Gasteiger partial charge in [-0.25, -0.2) is 9.59 Å². The van der Waals surface area contributed by atoms with Crippen LogP contribution in [0.5, 0.6) is 0 Å². The molecular weight excluding hydrogens is 301 g/mol. The Morgan fingerprint density at radius 2 is 1.95 bits per heavy atom. The second-order valence-corrected chi connectivity index (χ2v) is 4.15. The first kappa shape index (κ1) is 16.1. The van der Waals surface area contributed by atoms with Crippen LogP contribution in [0.4, 0.5) is 23.7 Å². The van der Waals surface area contributed by atoms with E-state index < -0.39 is 31.1 Å². The molecule has 0 unspecified atom stereocenters. The van der Waals surface area contributed by atoms with Crippen molar-refractivity contribution < 1.29 is 27.9 Å². The maximum atomic E-state index is 11.9. The molecule has 0 aliphatic rings. The first-order valence-corrected chi connectivity index (χ1v) is 5.71. The molecule has 0 aliphatic carbocycles. The van der Waals surface area contributed by atoms with Gasteiger partial charge < -0.3 is 15.7 Å². The third kappa shape index (κ3) is 5.35. The Kier molecular flexibility index (Phi) is 5.20. The van der Waals surface area contributed by atoms with E-state index in [1.54, 1.807) is 0 Å². The molecule has 0 fully saturated rings. The van der Waals surface area contributed by atoms with Gasteiger partial charge in [0.1, 0.15) is 0 Å². The number of hydrogen-bond acceptors (Lipinski definition) is 2. The van der Waals surface area contributed by atoms with Crippen LogP contribution >= 0.6 is 11.6 Å². The van der Waals surface area contributed by atoms with Gasteiger partial charge in [-0.05, 0) is 18.2 Å². The van der Waals surface area contributed by atoms with E-state index in [0.717, 1.165) is 6.07 Å². The Hall–Kier alpha value is -1.96. The average Bonchev–Trinajstić information content (AvgIpc) is 2.29. The van der Waals surface area contributed by atoms with Gasteiger partial charge in [-0.15, -0.1) is 0 Å². The minimum atomic E-state index is -4.35. The van der Waals surface area contributed by atoms with Crippen LogP contribution in [0.3, 0.4) is 0 Å². The van der Waals surface area contributed by atoms with Crippen molar-refractivity contribution in [3.8, 4) is 0 Å². The fraction of sp³-hybridized carbons (Fsp3) is 0.273. The monoisotopic (exact) mass is 310 g/mol. The third-order valence-corrected chi connectivity index (χ3v) is 2.47. The lowest BCUT2D eigenvalue weighted by Gasteiger charge is -2.10. The number of carbonyl (C=O) groups excluding carboxylic acids is 1. The van der Waals surface area contributed by atoms with Gasteiger partial charge in [0.15, 0.2) is 0 Å². The number of carbonyl (C=O) groups is 2. The number of halogens is 4. The molecule has 0 heterocycles. The van der Waals surface area contributed by atoms with Crippen molar-refractivity contribution in [2.24, 2.45) is 0 Å². The Bertz CT molecular complexity index is 520. The van der Waals surface area contributed by atoms with E-state index in [-0.39, 0.29) is 16.3 Å². The molecule has 110 valence electrons. The summed E-state index contributed by atoms with van der Waals surface area (Å²) >= 11 is 5.74. The number of anilines is 1. The molecule has 0 aliphatic heterocycles. The van der Waals surface area contributed by atoms with Crippen molar-refractivity contribution in [3.05, 3.63) is 28.8 Å². The Morgan fingerprint density at radius 3 is 2.45 bits per heavy atom. The van der Waals surface area contributed by atoms with Crippen LogP contribution in [0, 0.1) is 0 Å². The van der Waals surface area contributed by atoms with E-state index in [1.165, 1.54) is 12.1 Å². The van der Waals surface area contributed by atoms with Crippen molar-refractivity contribution >= 4 is 29.3 Å². The van der Waals surface area contributed by atoms with Crippen LogP contribution in [-0.4, -0.2) is 29.8 Å². The van der Waals surface area contributed by atoms with Gasteiger partial charge in [0.2, 0.25) is 0 Å². The van der Waals surface area contributed by atoms with Gasteiger partial charge in [-0.2, -0.15) is 13.2 Å². The number of rotatable bonds is 4. The quantitative estimate of drug-likeness (QED) is 0.799. The fourth-order valence-corrected chi connectivity index (χ4v) is 1.46. The summed E-state index contributed by atoms with van der Waals surface area (Å²) in [5, 5.41) is 12.9. The summed E-state index contributed by atoms with van der Waals surface area (Å²) in [6.07, 6.45) is -5.50. The summed E-state index contributed by atoms with van der Waals surface area (Å²) < 4.78 is 35.6. The largest absolute Gasteiger partial charge is 0.478 e. The third-order valence-electron chi connectivity index (χ3n) is 2.16. The summed E-state index contributed by atoms with van der Waals surface area (Å²) in [6.45, 7) is -0.569. The second kappa shape index (κ2) is 6.47. The second-order valence-electron chi connectivity index (χ2n) is 3.75. The lowest BCUT2D eigenvalue weighted by atomic mass is 10.2. The van der Waals surface area contributed by atoms with E-state index in [2.05, 4.69) is 5.32 Å². The topological polar surface area (TPSA) is 78.4 Å². The van der Waals surface area contributed by atoms with Gasteiger partial charge in [-0.1, -0.05) is 11.6 Å². The van der Waals surface area contributed by atoms with Crippen LogP contribution in [0.1, 0.15) is 16.8 Å². The minimum Gasteiger partial charge on any atom is -0.478 e. The Labute approximate surface area is 116 Å². The molecule has 0 spiro atoms. The molecule has 2 amide bonds. The highest BCUT2D eigenvalue weighted by atomic mass is 35.5. The summed E-state index contributed by atoms with van der Waals surface area (Å²) in [5.41, 5.74) is 0.0270. The summed E-state index contributed by atoms with van der Waals surface area (Å²) in [6, 6.07) is 2.71. The van der Waals surface area contributed by atoms with Crippen LogP contribution in [0.25, 0.3) is 0 Å². The molecule has 1 aromatic rings. The van der Waals surface area contributed by atoms with E-state index >= 15 is 0 Å². The van der Waals surface area contributed by atoms with Gasteiger partial charge in [0.25, 0.3) is 0 Å². The summed E-state index contributed by atoms with van der Waals surface area (Å²) in [5.74, 6) is -1.19. The smallest absolute Gasteiger partial charge is 0.390 e. The van der Waals surface area contributed by atoms with Crippen LogP contribution in [0.15, 0.2) is 18.2 Å². The van der Waals surface area contributed by atoms with Crippen molar-refractivity contribution in [1.29, 1.82) is 0 Å². The van der Waals surface area contributed by atoms with Gasteiger partial charge in [0.05, 0.1) is 22.7 Å². The highest BCUT2D eigenvalue weighted by Gasteiger charge is 2.26. The zero-order valence-electron chi connectivity index (χ0n) is 9.92. The molecule has 5 nitrogen and oxygen atoms in total. The Morgan fingerprint density at radius 1 is 1.30 bits per heavy atom. The predicted molar refractivity (Wildman–Crippen MR) is 66.1 cm³/mol. The summed E-state index contributed by atoms with van der Waals surface area (Å²) in [4.78, 5) is 22.0. The molecule has 3 N–H and O–H groups in total. The molecule has 1 aromatic carbocycles. The van der Waals surface area contributed by atoms with Crippen molar-refractivity contribution in [2.75, 3.05) is 11.9 Å².